The maximum absolute atomic E-state index is 13.6. The molecule has 0 nitrogen and oxygen atoms in total. The van der Waals surface area contributed by atoms with Crippen LogP contribution in [0.25, 0.3) is 0 Å². The van der Waals surface area contributed by atoms with E-state index in [4.69, 9.17) is 11.6 Å². The lowest BCUT2D eigenvalue weighted by Gasteiger charge is -2.12. The summed E-state index contributed by atoms with van der Waals surface area (Å²) in [6.07, 6.45) is 0. The van der Waals surface area contributed by atoms with Crippen LogP contribution in [0.1, 0.15) is 16.5 Å². The molecule has 0 aromatic heterocycles. The molecular formula is C13H7BrClF3. The van der Waals surface area contributed by atoms with E-state index in [1.807, 2.05) is 0 Å². The summed E-state index contributed by atoms with van der Waals surface area (Å²) in [5.74, 6) is -2.39. The second-order valence-corrected chi connectivity index (χ2v) is 4.97. The molecule has 0 aliphatic rings. The highest BCUT2D eigenvalue weighted by Crippen LogP contribution is 2.33. The topological polar surface area (TPSA) is 0 Å². The van der Waals surface area contributed by atoms with Crippen molar-refractivity contribution in [3.63, 3.8) is 0 Å². The van der Waals surface area contributed by atoms with Crippen LogP contribution in [-0.4, -0.2) is 0 Å². The third kappa shape index (κ3) is 2.54. The molecule has 0 spiro atoms. The molecule has 0 radical (unpaired) electrons. The summed E-state index contributed by atoms with van der Waals surface area (Å²) < 4.78 is 40.0. The Morgan fingerprint density at radius 1 is 1.00 bits per heavy atom. The van der Waals surface area contributed by atoms with Gasteiger partial charge in [0.2, 0.25) is 0 Å². The SMILES string of the molecule is Fc1ccc(C(Cl)c2cccc(F)c2F)cc1Br. The lowest BCUT2D eigenvalue weighted by molar-refractivity contribution is 0.500. The third-order valence-electron chi connectivity index (χ3n) is 2.49. The van der Waals surface area contributed by atoms with Crippen molar-refractivity contribution >= 4 is 27.5 Å². The van der Waals surface area contributed by atoms with E-state index in [-0.39, 0.29) is 10.0 Å². The molecule has 2 aromatic rings. The van der Waals surface area contributed by atoms with Crippen molar-refractivity contribution in [2.45, 2.75) is 5.38 Å². The van der Waals surface area contributed by atoms with Crippen LogP contribution in [0.4, 0.5) is 13.2 Å². The van der Waals surface area contributed by atoms with E-state index in [9.17, 15) is 13.2 Å². The Hall–Kier alpha value is -1.00. The summed E-state index contributed by atoms with van der Waals surface area (Å²) in [6, 6.07) is 7.88. The highest BCUT2D eigenvalue weighted by Gasteiger charge is 2.18. The molecule has 1 atom stereocenters. The molecule has 0 saturated carbocycles. The average Bonchev–Trinajstić information content (AvgIpc) is 2.35. The van der Waals surface area contributed by atoms with Gasteiger partial charge in [0.15, 0.2) is 11.6 Å². The lowest BCUT2D eigenvalue weighted by atomic mass is 10.0. The van der Waals surface area contributed by atoms with Gasteiger partial charge in [0, 0.05) is 5.56 Å². The van der Waals surface area contributed by atoms with E-state index < -0.39 is 22.8 Å². The van der Waals surface area contributed by atoms with Gasteiger partial charge in [-0.1, -0.05) is 18.2 Å². The van der Waals surface area contributed by atoms with Gasteiger partial charge in [0.1, 0.15) is 5.82 Å². The Bertz CT molecular complexity index is 586. The Morgan fingerprint density at radius 2 is 1.72 bits per heavy atom. The van der Waals surface area contributed by atoms with E-state index in [0.29, 0.717) is 5.56 Å². The fraction of sp³-hybridized carbons (Fsp3) is 0.0769. The van der Waals surface area contributed by atoms with Crippen LogP contribution in [-0.2, 0) is 0 Å². The van der Waals surface area contributed by atoms with Crippen molar-refractivity contribution in [1.29, 1.82) is 0 Å². The minimum Gasteiger partial charge on any atom is -0.206 e. The fourth-order valence-corrected chi connectivity index (χ4v) is 2.27. The lowest BCUT2D eigenvalue weighted by Crippen LogP contribution is -1.99. The van der Waals surface area contributed by atoms with Crippen molar-refractivity contribution in [1.82, 2.24) is 0 Å². The van der Waals surface area contributed by atoms with Gasteiger partial charge in [0.25, 0.3) is 0 Å². The van der Waals surface area contributed by atoms with Gasteiger partial charge in [-0.05, 0) is 39.7 Å². The van der Waals surface area contributed by atoms with Crippen LogP contribution in [0, 0.1) is 17.5 Å². The van der Waals surface area contributed by atoms with E-state index in [0.717, 1.165) is 6.07 Å². The van der Waals surface area contributed by atoms with Gasteiger partial charge >= 0.3 is 0 Å². The predicted molar refractivity (Wildman–Crippen MR) is 68.2 cm³/mol. The fourth-order valence-electron chi connectivity index (χ4n) is 1.57. The molecule has 18 heavy (non-hydrogen) atoms. The number of hydrogen-bond acceptors (Lipinski definition) is 0. The first-order chi connectivity index (χ1) is 8.50. The van der Waals surface area contributed by atoms with E-state index in [1.165, 1.54) is 30.3 Å². The molecule has 0 saturated heterocycles. The Morgan fingerprint density at radius 3 is 2.39 bits per heavy atom. The molecule has 2 aromatic carbocycles. The number of alkyl halides is 1. The van der Waals surface area contributed by atoms with Crippen LogP contribution < -0.4 is 0 Å². The molecule has 0 bridgehead atoms. The second-order valence-electron chi connectivity index (χ2n) is 3.68. The molecule has 0 heterocycles. The van der Waals surface area contributed by atoms with Crippen molar-refractivity contribution < 1.29 is 13.2 Å². The smallest absolute Gasteiger partial charge is 0.163 e. The molecule has 1 unspecified atom stereocenters. The summed E-state index contributed by atoms with van der Waals surface area (Å²) in [5, 5.41) is -0.877. The van der Waals surface area contributed by atoms with Crippen molar-refractivity contribution in [2.75, 3.05) is 0 Å². The number of benzene rings is 2. The minimum atomic E-state index is -0.988. The molecule has 0 fully saturated rings. The van der Waals surface area contributed by atoms with Gasteiger partial charge in [0.05, 0.1) is 9.85 Å². The molecular weight excluding hydrogens is 328 g/mol. The van der Waals surface area contributed by atoms with Crippen LogP contribution in [0.3, 0.4) is 0 Å². The summed E-state index contributed by atoms with van der Waals surface area (Å²) >= 11 is 9.10. The van der Waals surface area contributed by atoms with Crippen LogP contribution in [0.5, 0.6) is 0 Å². The zero-order valence-corrected chi connectivity index (χ0v) is 11.3. The minimum absolute atomic E-state index is 0.0233. The maximum atomic E-state index is 13.6. The van der Waals surface area contributed by atoms with Gasteiger partial charge in [-0.25, -0.2) is 13.2 Å². The first kappa shape index (κ1) is 13.4. The summed E-state index contributed by atoms with van der Waals surface area (Å²) in [5.41, 5.74) is 0.504. The van der Waals surface area contributed by atoms with E-state index >= 15 is 0 Å². The van der Waals surface area contributed by atoms with Crippen LogP contribution in [0.15, 0.2) is 40.9 Å². The first-order valence-corrected chi connectivity index (χ1v) is 6.26. The summed E-state index contributed by atoms with van der Waals surface area (Å²) in [7, 11) is 0. The predicted octanol–water partition coefficient (Wildman–Crippen LogP) is 5.19. The van der Waals surface area contributed by atoms with Crippen molar-refractivity contribution in [3.05, 3.63) is 69.4 Å². The second kappa shape index (κ2) is 5.33. The third-order valence-corrected chi connectivity index (χ3v) is 3.59. The zero-order valence-electron chi connectivity index (χ0n) is 8.93. The zero-order chi connectivity index (χ0) is 13.3. The number of halogens is 5. The largest absolute Gasteiger partial charge is 0.206 e. The van der Waals surface area contributed by atoms with Crippen LogP contribution >= 0.6 is 27.5 Å². The van der Waals surface area contributed by atoms with Gasteiger partial charge < -0.3 is 0 Å². The average molecular weight is 336 g/mol. The molecule has 0 N–H and O–H groups in total. The van der Waals surface area contributed by atoms with E-state index in [2.05, 4.69) is 15.9 Å². The number of hydrogen-bond donors (Lipinski definition) is 0. The van der Waals surface area contributed by atoms with Crippen LogP contribution in [0.2, 0.25) is 0 Å². The van der Waals surface area contributed by atoms with E-state index in [1.54, 1.807) is 0 Å². The quantitative estimate of drug-likeness (QED) is 0.662. The monoisotopic (exact) mass is 334 g/mol. The van der Waals surface area contributed by atoms with Crippen molar-refractivity contribution in [2.24, 2.45) is 0 Å². The maximum Gasteiger partial charge on any atom is 0.163 e. The Balaban J connectivity index is 2.44. The molecule has 0 amide bonds. The van der Waals surface area contributed by atoms with Gasteiger partial charge in [-0.15, -0.1) is 11.6 Å². The normalized spacial score (nSPS) is 12.5. The Kier molecular flexibility index (Phi) is 3.97. The molecule has 2 rings (SSSR count). The molecule has 0 aliphatic carbocycles. The van der Waals surface area contributed by atoms with Gasteiger partial charge in [-0.2, -0.15) is 0 Å². The highest BCUT2D eigenvalue weighted by molar-refractivity contribution is 9.10. The first-order valence-electron chi connectivity index (χ1n) is 5.03. The van der Waals surface area contributed by atoms with Crippen molar-refractivity contribution in [3.8, 4) is 0 Å². The standard InChI is InChI=1S/C13H7BrClF3/c14-9-6-7(4-5-10(9)16)12(15)8-2-1-3-11(17)13(8)18/h1-6,12H. The van der Waals surface area contributed by atoms with Gasteiger partial charge in [-0.3, -0.25) is 0 Å². The summed E-state index contributed by atoms with van der Waals surface area (Å²) in [6.45, 7) is 0. The molecule has 5 heteroatoms. The molecule has 94 valence electrons. The Labute approximate surface area is 116 Å². The number of rotatable bonds is 2. The molecule has 0 aliphatic heterocycles. The highest BCUT2D eigenvalue weighted by atomic mass is 79.9. The summed E-state index contributed by atoms with van der Waals surface area (Å²) in [4.78, 5) is 0.